The van der Waals surface area contributed by atoms with Crippen molar-refractivity contribution < 1.29 is 19.4 Å². The van der Waals surface area contributed by atoms with Gasteiger partial charge in [0, 0.05) is 18.8 Å². The highest BCUT2D eigenvalue weighted by molar-refractivity contribution is 6.32. The summed E-state index contributed by atoms with van der Waals surface area (Å²) in [6.07, 6.45) is 0.683. The fourth-order valence-corrected chi connectivity index (χ4v) is 2.71. The molecule has 0 fully saturated rings. The van der Waals surface area contributed by atoms with Gasteiger partial charge in [-0.2, -0.15) is 0 Å². The molecule has 27 heavy (non-hydrogen) atoms. The van der Waals surface area contributed by atoms with Gasteiger partial charge in [-0.05, 0) is 49.7 Å². The first-order valence-corrected chi connectivity index (χ1v) is 9.08. The van der Waals surface area contributed by atoms with Crippen molar-refractivity contribution in [3.8, 4) is 11.5 Å². The Morgan fingerprint density at radius 1 is 1.22 bits per heavy atom. The number of ether oxygens (including phenoxy) is 2. The van der Waals surface area contributed by atoms with Crippen LogP contribution in [0.3, 0.4) is 0 Å². The van der Waals surface area contributed by atoms with E-state index in [0.29, 0.717) is 41.7 Å². The second kappa shape index (κ2) is 10.8. The number of amides is 1. The van der Waals surface area contributed by atoms with Crippen LogP contribution in [0, 0.1) is 6.92 Å². The second-order valence-electron chi connectivity index (χ2n) is 6.07. The van der Waals surface area contributed by atoms with Crippen molar-refractivity contribution in [2.75, 3.05) is 32.2 Å². The molecule has 3 N–H and O–H groups in total. The van der Waals surface area contributed by atoms with E-state index in [-0.39, 0.29) is 19.1 Å². The summed E-state index contributed by atoms with van der Waals surface area (Å²) in [4.78, 5) is 12.1. The number of rotatable bonds is 10. The van der Waals surface area contributed by atoms with E-state index >= 15 is 0 Å². The Kier molecular flexibility index (Phi) is 8.39. The molecule has 0 aromatic heterocycles. The van der Waals surface area contributed by atoms with Gasteiger partial charge in [0.1, 0.15) is 0 Å². The second-order valence-corrected chi connectivity index (χ2v) is 6.47. The zero-order valence-corrected chi connectivity index (χ0v) is 16.3. The molecule has 0 saturated heterocycles. The third kappa shape index (κ3) is 6.75. The van der Waals surface area contributed by atoms with Crippen molar-refractivity contribution in [3.63, 3.8) is 0 Å². The minimum Gasteiger partial charge on any atom is -0.493 e. The lowest BCUT2D eigenvalue weighted by Gasteiger charge is -2.14. The Morgan fingerprint density at radius 3 is 2.63 bits per heavy atom. The molecule has 7 heteroatoms. The number of aliphatic hydroxyl groups excluding tert-OH is 1. The SMILES string of the molecule is COc1cc(CNCCCO)cc(Cl)c1OCC(=O)Nc1ccc(C)cc1. The molecule has 0 aliphatic heterocycles. The number of carbonyl (C=O) groups excluding carboxylic acids is 1. The number of aliphatic hydroxyl groups is 1. The molecule has 0 aliphatic rings. The maximum atomic E-state index is 12.1. The average molecular weight is 393 g/mol. The molecule has 2 rings (SSSR count). The van der Waals surface area contributed by atoms with Gasteiger partial charge in [-0.25, -0.2) is 0 Å². The molecule has 0 bridgehead atoms. The lowest BCUT2D eigenvalue weighted by Crippen LogP contribution is -2.20. The van der Waals surface area contributed by atoms with Crippen LogP contribution in [0.25, 0.3) is 0 Å². The molecule has 0 heterocycles. The zero-order valence-electron chi connectivity index (χ0n) is 15.5. The molecule has 6 nitrogen and oxygen atoms in total. The van der Waals surface area contributed by atoms with Gasteiger partial charge < -0.3 is 25.2 Å². The van der Waals surface area contributed by atoms with E-state index in [2.05, 4.69) is 10.6 Å². The number of hydrogen-bond donors (Lipinski definition) is 3. The number of carbonyl (C=O) groups is 1. The molecule has 0 saturated carbocycles. The number of halogens is 1. The number of methoxy groups -OCH3 is 1. The lowest BCUT2D eigenvalue weighted by atomic mass is 10.2. The highest BCUT2D eigenvalue weighted by Gasteiger charge is 2.14. The van der Waals surface area contributed by atoms with Gasteiger partial charge in [-0.1, -0.05) is 29.3 Å². The van der Waals surface area contributed by atoms with Gasteiger partial charge in [-0.3, -0.25) is 4.79 Å². The third-order valence-electron chi connectivity index (χ3n) is 3.81. The zero-order chi connectivity index (χ0) is 19.6. The van der Waals surface area contributed by atoms with Crippen LogP contribution in [0.4, 0.5) is 5.69 Å². The summed E-state index contributed by atoms with van der Waals surface area (Å²) >= 11 is 6.31. The van der Waals surface area contributed by atoms with E-state index in [1.807, 2.05) is 37.3 Å². The number of hydrogen-bond acceptors (Lipinski definition) is 5. The molecule has 146 valence electrons. The Morgan fingerprint density at radius 2 is 1.96 bits per heavy atom. The average Bonchev–Trinajstić information content (AvgIpc) is 2.66. The van der Waals surface area contributed by atoms with E-state index in [0.717, 1.165) is 11.1 Å². The van der Waals surface area contributed by atoms with E-state index in [4.69, 9.17) is 26.2 Å². The molecular formula is C20H25ClN2O4. The van der Waals surface area contributed by atoms with E-state index in [1.165, 1.54) is 7.11 Å². The fourth-order valence-electron chi connectivity index (χ4n) is 2.42. The van der Waals surface area contributed by atoms with Gasteiger partial charge in [0.05, 0.1) is 12.1 Å². The first-order valence-electron chi connectivity index (χ1n) is 8.70. The van der Waals surface area contributed by atoms with Gasteiger partial charge in [0.15, 0.2) is 18.1 Å². The van der Waals surface area contributed by atoms with E-state index < -0.39 is 0 Å². The van der Waals surface area contributed by atoms with Gasteiger partial charge in [-0.15, -0.1) is 0 Å². The molecule has 2 aromatic rings. The quantitative estimate of drug-likeness (QED) is 0.541. The van der Waals surface area contributed by atoms with Crippen molar-refractivity contribution in [2.24, 2.45) is 0 Å². The normalized spacial score (nSPS) is 10.5. The van der Waals surface area contributed by atoms with Gasteiger partial charge >= 0.3 is 0 Å². The van der Waals surface area contributed by atoms with Crippen LogP contribution < -0.4 is 20.1 Å². The fraction of sp³-hybridized carbons (Fsp3) is 0.350. The molecule has 0 unspecified atom stereocenters. The highest BCUT2D eigenvalue weighted by atomic mass is 35.5. The van der Waals surface area contributed by atoms with Crippen molar-refractivity contribution in [3.05, 3.63) is 52.5 Å². The summed E-state index contributed by atoms with van der Waals surface area (Å²) in [7, 11) is 1.52. The summed E-state index contributed by atoms with van der Waals surface area (Å²) in [6, 6.07) is 11.1. The molecule has 2 aromatic carbocycles. The van der Waals surface area contributed by atoms with E-state index in [9.17, 15) is 4.79 Å². The van der Waals surface area contributed by atoms with Gasteiger partial charge in [0.25, 0.3) is 5.91 Å². The van der Waals surface area contributed by atoms with Crippen LogP contribution in [0.15, 0.2) is 36.4 Å². The number of nitrogens with one attached hydrogen (secondary N) is 2. The molecule has 0 spiro atoms. The first-order chi connectivity index (χ1) is 13.0. The van der Waals surface area contributed by atoms with Crippen molar-refractivity contribution in [2.45, 2.75) is 19.9 Å². The van der Waals surface area contributed by atoms with Crippen LogP contribution in [0.2, 0.25) is 5.02 Å². The van der Waals surface area contributed by atoms with Crippen LogP contribution in [0.5, 0.6) is 11.5 Å². The van der Waals surface area contributed by atoms with Crippen molar-refractivity contribution >= 4 is 23.2 Å². The first kappa shape index (κ1) is 21.0. The number of aryl methyl sites for hydroxylation is 1. The maximum absolute atomic E-state index is 12.1. The van der Waals surface area contributed by atoms with Crippen LogP contribution in [0.1, 0.15) is 17.5 Å². The molecular weight excluding hydrogens is 368 g/mol. The molecule has 0 radical (unpaired) electrons. The number of benzene rings is 2. The summed E-state index contributed by atoms with van der Waals surface area (Å²) in [5.74, 6) is 0.508. The van der Waals surface area contributed by atoms with Crippen molar-refractivity contribution in [1.29, 1.82) is 0 Å². The highest BCUT2D eigenvalue weighted by Crippen LogP contribution is 2.36. The van der Waals surface area contributed by atoms with Crippen LogP contribution in [-0.2, 0) is 11.3 Å². The molecule has 0 aliphatic carbocycles. The topological polar surface area (TPSA) is 79.8 Å². The third-order valence-corrected chi connectivity index (χ3v) is 4.09. The molecule has 0 atom stereocenters. The monoisotopic (exact) mass is 392 g/mol. The van der Waals surface area contributed by atoms with Crippen molar-refractivity contribution in [1.82, 2.24) is 5.32 Å². The Balaban J connectivity index is 1.96. The Bertz CT molecular complexity index is 750. The summed E-state index contributed by atoms with van der Waals surface area (Å²) < 4.78 is 10.9. The Hall–Kier alpha value is -2.28. The predicted octanol–water partition coefficient (Wildman–Crippen LogP) is 3.15. The van der Waals surface area contributed by atoms with Crippen LogP contribution in [-0.4, -0.2) is 37.9 Å². The predicted molar refractivity (Wildman–Crippen MR) is 107 cm³/mol. The van der Waals surface area contributed by atoms with Crippen LogP contribution >= 0.6 is 11.6 Å². The summed E-state index contributed by atoms with van der Waals surface area (Å²) in [6.45, 7) is 3.24. The maximum Gasteiger partial charge on any atom is 0.262 e. The van der Waals surface area contributed by atoms with E-state index in [1.54, 1.807) is 6.07 Å². The minimum absolute atomic E-state index is 0.147. The Labute approximate surface area is 164 Å². The summed E-state index contributed by atoms with van der Waals surface area (Å²) in [5, 5.41) is 15.1. The molecule has 1 amide bonds. The largest absolute Gasteiger partial charge is 0.493 e. The standard InChI is InChI=1S/C20H25ClN2O4/c1-14-4-6-16(7-5-14)23-19(25)13-27-20-17(21)10-15(11-18(20)26-2)12-22-8-3-9-24/h4-7,10-11,22,24H,3,8-9,12-13H2,1-2H3,(H,23,25). The lowest BCUT2D eigenvalue weighted by molar-refractivity contribution is -0.118. The van der Waals surface area contributed by atoms with Gasteiger partial charge in [0.2, 0.25) is 0 Å². The summed E-state index contributed by atoms with van der Waals surface area (Å²) in [5.41, 5.74) is 2.74. The number of anilines is 1. The minimum atomic E-state index is -0.285. The smallest absolute Gasteiger partial charge is 0.262 e.